The van der Waals surface area contributed by atoms with E-state index in [9.17, 15) is 14.9 Å². The highest BCUT2D eigenvalue weighted by molar-refractivity contribution is 7.19. The Hall–Kier alpha value is -3.86. The van der Waals surface area contributed by atoms with Crippen molar-refractivity contribution in [3.05, 3.63) is 64.0 Å². The normalized spacial score (nSPS) is 13.9. The van der Waals surface area contributed by atoms with E-state index in [0.29, 0.717) is 16.3 Å². The Labute approximate surface area is 199 Å². The number of amides is 1. The molecular formula is C23H23N7O3S. The number of nitrogens with one attached hydrogen (secondary N) is 1. The van der Waals surface area contributed by atoms with Crippen molar-refractivity contribution in [1.82, 2.24) is 19.8 Å². The van der Waals surface area contributed by atoms with E-state index in [1.165, 1.54) is 17.4 Å². The third kappa shape index (κ3) is 4.21. The number of hydrogen-bond donors (Lipinski definition) is 1. The van der Waals surface area contributed by atoms with Crippen molar-refractivity contribution in [2.75, 3.05) is 23.3 Å². The Kier molecular flexibility index (Phi) is 5.93. The van der Waals surface area contributed by atoms with Crippen LogP contribution in [0.15, 0.2) is 42.5 Å². The molecule has 0 unspecified atom stereocenters. The Morgan fingerprint density at radius 2 is 1.97 bits per heavy atom. The monoisotopic (exact) mass is 477 g/mol. The molecule has 3 heterocycles. The molecule has 1 fully saturated rings. The average molecular weight is 478 g/mol. The molecule has 1 amide bonds. The summed E-state index contributed by atoms with van der Waals surface area (Å²) in [6, 6.07) is 12.0. The second-order valence-electron chi connectivity index (χ2n) is 8.11. The van der Waals surface area contributed by atoms with Crippen LogP contribution in [0.5, 0.6) is 0 Å². The summed E-state index contributed by atoms with van der Waals surface area (Å²) >= 11 is 1.42. The summed E-state index contributed by atoms with van der Waals surface area (Å²) in [7, 11) is 0. The van der Waals surface area contributed by atoms with Crippen LogP contribution in [-0.4, -0.2) is 43.7 Å². The van der Waals surface area contributed by atoms with E-state index in [-0.39, 0.29) is 11.3 Å². The number of rotatable bonds is 6. The van der Waals surface area contributed by atoms with E-state index >= 15 is 0 Å². The van der Waals surface area contributed by atoms with Crippen molar-refractivity contribution < 1.29 is 9.72 Å². The fraction of sp³-hybridized carbons (Fsp3) is 0.304. The molecule has 1 N–H and O–H groups in total. The molecule has 2 aromatic carbocycles. The molecule has 0 aliphatic carbocycles. The van der Waals surface area contributed by atoms with Crippen molar-refractivity contribution in [1.29, 1.82) is 0 Å². The van der Waals surface area contributed by atoms with Crippen LogP contribution in [0.25, 0.3) is 15.5 Å². The van der Waals surface area contributed by atoms with Gasteiger partial charge >= 0.3 is 0 Å². The standard InChI is InChI=1S/C23H23N7O3S/c1-2-20-25-26-23-29(20)27-22(34-23)16-7-6-8-17(13-16)24-21(31)15-9-10-18(19(14-15)30(32)33)28-11-4-3-5-12-28/h6-10,13-14H,2-5,11-12H2,1H3,(H,24,31). The van der Waals surface area contributed by atoms with E-state index < -0.39 is 10.8 Å². The van der Waals surface area contributed by atoms with E-state index in [2.05, 4.69) is 20.6 Å². The van der Waals surface area contributed by atoms with Crippen LogP contribution >= 0.6 is 11.3 Å². The van der Waals surface area contributed by atoms with Gasteiger partial charge < -0.3 is 10.2 Å². The topological polar surface area (TPSA) is 119 Å². The smallest absolute Gasteiger partial charge is 0.293 e. The van der Waals surface area contributed by atoms with Crippen molar-refractivity contribution in [3.8, 4) is 10.6 Å². The lowest BCUT2D eigenvalue weighted by molar-refractivity contribution is -0.384. The summed E-state index contributed by atoms with van der Waals surface area (Å²) in [6.45, 7) is 3.57. The van der Waals surface area contributed by atoms with Crippen LogP contribution in [0.3, 0.4) is 0 Å². The molecule has 10 nitrogen and oxygen atoms in total. The molecule has 11 heteroatoms. The SMILES string of the molecule is CCc1nnc2sc(-c3cccc(NC(=O)c4ccc(N5CCCCC5)c([N+](=O)[O-])c4)c3)nn12. The van der Waals surface area contributed by atoms with Gasteiger partial charge in [-0.2, -0.15) is 9.61 Å². The van der Waals surface area contributed by atoms with E-state index in [1.54, 1.807) is 22.7 Å². The predicted molar refractivity (Wildman–Crippen MR) is 131 cm³/mol. The number of nitro benzene ring substituents is 1. The highest BCUT2D eigenvalue weighted by Gasteiger charge is 2.23. The number of piperidine rings is 1. The third-order valence-electron chi connectivity index (χ3n) is 5.87. The minimum atomic E-state index is -0.417. The average Bonchev–Trinajstić information content (AvgIpc) is 3.45. The molecule has 0 saturated carbocycles. The lowest BCUT2D eigenvalue weighted by atomic mass is 10.1. The van der Waals surface area contributed by atoms with Gasteiger partial charge in [-0.1, -0.05) is 30.4 Å². The first kappa shape index (κ1) is 22.0. The summed E-state index contributed by atoms with van der Waals surface area (Å²) in [5.74, 6) is 0.383. The molecule has 34 heavy (non-hydrogen) atoms. The Morgan fingerprint density at radius 3 is 2.74 bits per heavy atom. The number of anilines is 2. The minimum Gasteiger partial charge on any atom is -0.366 e. The first-order valence-corrected chi connectivity index (χ1v) is 12.0. The molecular weight excluding hydrogens is 454 g/mol. The van der Waals surface area contributed by atoms with Gasteiger partial charge in [-0.3, -0.25) is 14.9 Å². The number of benzene rings is 2. The first-order valence-electron chi connectivity index (χ1n) is 11.2. The van der Waals surface area contributed by atoms with Gasteiger partial charge in [0.05, 0.1) is 4.92 Å². The highest BCUT2D eigenvalue weighted by Crippen LogP contribution is 2.32. The van der Waals surface area contributed by atoms with Crippen LogP contribution in [0, 0.1) is 10.1 Å². The molecule has 5 rings (SSSR count). The van der Waals surface area contributed by atoms with Crippen molar-refractivity contribution >= 4 is 39.3 Å². The van der Waals surface area contributed by atoms with Gasteiger partial charge in [0.2, 0.25) is 4.96 Å². The van der Waals surface area contributed by atoms with Gasteiger partial charge in [0.15, 0.2) is 5.82 Å². The van der Waals surface area contributed by atoms with E-state index in [0.717, 1.165) is 55.2 Å². The molecule has 4 aromatic rings. The number of nitro groups is 1. The highest BCUT2D eigenvalue weighted by atomic mass is 32.1. The molecule has 0 spiro atoms. The van der Waals surface area contributed by atoms with Crippen molar-refractivity contribution in [2.24, 2.45) is 0 Å². The quantitative estimate of drug-likeness (QED) is 0.319. The molecule has 1 aliphatic heterocycles. The number of hydrogen-bond acceptors (Lipinski definition) is 8. The van der Waals surface area contributed by atoms with Gasteiger partial charge in [0.1, 0.15) is 10.7 Å². The number of nitrogens with zero attached hydrogens (tertiary/aromatic N) is 6. The zero-order valence-corrected chi connectivity index (χ0v) is 19.4. The lowest BCUT2D eigenvalue weighted by Gasteiger charge is -2.28. The van der Waals surface area contributed by atoms with Gasteiger partial charge in [-0.25, -0.2) is 0 Å². The molecule has 1 saturated heterocycles. The lowest BCUT2D eigenvalue weighted by Crippen LogP contribution is -2.30. The molecule has 0 bridgehead atoms. The van der Waals surface area contributed by atoms with Crippen LogP contribution in [0.2, 0.25) is 0 Å². The fourth-order valence-corrected chi connectivity index (χ4v) is 5.00. The number of carbonyl (C=O) groups excluding carboxylic acids is 1. The van der Waals surface area contributed by atoms with Crippen LogP contribution in [0.1, 0.15) is 42.4 Å². The molecule has 0 atom stereocenters. The number of fused-ring (bicyclic) bond motifs is 1. The van der Waals surface area contributed by atoms with Crippen LogP contribution < -0.4 is 10.2 Å². The van der Waals surface area contributed by atoms with E-state index in [1.807, 2.05) is 30.0 Å². The first-order chi connectivity index (χ1) is 16.5. The Bertz CT molecular complexity index is 1370. The molecule has 2 aromatic heterocycles. The van der Waals surface area contributed by atoms with Crippen molar-refractivity contribution in [3.63, 3.8) is 0 Å². The minimum absolute atomic E-state index is 0.0465. The summed E-state index contributed by atoms with van der Waals surface area (Å²) in [5, 5.41) is 28.2. The maximum Gasteiger partial charge on any atom is 0.293 e. The maximum atomic E-state index is 12.9. The van der Waals surface area contributed by atoms with Crippen molar-refractivity contribution in [2.45, 2.75) is 32.6 Å². The summed E-state index contributed by atoms with van der Waals surface area (Å²) in [5.41, 5.74) is 2.17. The Morgan fingerprint density at radius 1 is 1.15 bits per heavy atom. The molecule has 1 aliphatic rings. The maximum absolute atomic E-state index is 12.9. The second kappa shape index (κ2) is 9.18. The number of carbonyl (C=O) groups is 1. The summed E-state index contributed by atoms with van der Waals surface area (Å²) in [4.78, 5) is 27.0. The van der Waals surface area contributed by atoms with Crippen LogP contribution in [-0.2, 0) is 6.42 Å². The molecule has 174 valence electrons. The number of aromatic nitrogens is 4. The molecule has 0 radical (unpaired) electrons. The van der Waals surface area contributed by atoms with Gasteiger partial charge in [-0.15, -0.1) is 10.2 Å². The second-order valence-corrected chi connectivity index (χ2v) is 9.07. The third-order valence-corrected chi connectivity index (χ3v) is 6.82. The van der Waals surface area contributed by atoms with Gasteiger partial charge in [-0.05, 0) is 43.5 Å². The predicted octanol–water partition coefficient (Wildman–Crippen LogP) is 4.57. The zero-order chi connectivity index (χ0) is 23.7. The van der Waals surface area contributed by atoms with Crippen LogP contribution in [0.4, 0.5) is 17.1 Å². The number of aryl methyl sites for hydroxylation is 1. The van der Waals surface area contributed by atoms with E-state index in [4.69, 9.17) is 0 Å². The van der Waals surface area contributed by atoms with Gasteiger partial charge in [0, 0.05) is 42.4 Å². The largest absolute Gasteiger partial charge is 0.366 e. The summed E-state index contributed by atoms with van der Waals surface area (Å²) < 4.78 is 1.73. The fourth-order valence-electron chi connectivity index (χ4n) is 4.14. The van der Waals surface area contributed by atoms with Gasteiger partial charge in [0.25, 0.3) is 11.6 Å². The zero-order valence-electron chi connectivity index (χ0n) is 18.6. The summed E-state index contributed by atoms with van der Waals surface area (Å²) in [6.07, 6.45) is 3.88. The Balaban J connectivity index is 1.38.